The first-order valence-corrected chi connectivity index (χ1v) is 7.78. The number of rotatable bonds is 2. The van der Waals surface area contributed by atoms with Crippen molar-refractivity contribution in [3.05, 3.63) is 28.4 Å². The van der Waals surface area contributed by atoms with E-state index in [1.54, 1.807) is 6.92 Å². The molecule has 0 N–H and O–H groups in total. The fraction of sp³-hybridized carbons (Fsp3) is 0.364. The third kappa shape index (κ3) is 1.60. The van der Waals surface area contributed by atoms with Crippen molar-refractivity contribution < 1.29 is 12.8 Å². The minimum atomic E-state index is -3.49. The highest BCUT2D eigenvalue weighted by Gasteiger charge is 2.38. The van der Waals surface area contributed by atoms with Crippen molar-refractivity contribution in [3.8, 4) is 0 Å². The van der Waals surface area contributed by atoms with E-state index in [4.69, 9.17) is 0 Å². The van der Waals surface area contributed by atoms with Gasteiger partial charge in [0, 0.05) is 10.7 Å². The van der Waals surface area contributed by atoms with E-state index in [0.29, 0.717) is 28.5 Å². The average Bonchev–Trinajstić information content (AvgIpc) is 3.08. The molecule has 0 aliphatic heterocycles. The summed E-state index contributed by atoms with van der Waals surface area (Å²) in [4.78, 5) is 4.08. The lowest BCUT2D eigenvalue weighted by Crippen LogP contribution is -2.16. The predicted molar refractivity (Wildman–Crippen MR) is 69.5 cm³/mol. The van der Waals surface area contributed by atoms with E-state index >= 15 is 0 Å². The summed E-state index contributed by atoms with van der Waals surface area (Å²) in [5, 5.41) is -0.113. The molecular weight excluding hydrogens is 323 g/mol. The smallest absolute Gasteiger partial charge is 0.242 e. The lowest BCUT2D eigenvalue weighted by atomic mass is 10.2. The van der Waals surface area contributed by atoms with Crippen LogP contribution in [-0.2, 0) is 10.0 Å². The predicted octanol–water partition coefficient (Wildman–Crippen LogP) is 2.59. The van der Waals surface area contributed by atoms with E-state index in [1.807, 2.05) is 0 Å². The number of fused-ring (bicyclic) bond motifs is 1. The zero-order valence-corrected chi connectivity index (χ0v) is 11.9. The van der Waals surface area contributed by atoms with Crippen LogP contribution in [-0.4, -0.2) is 22.6 Å². The minimum absolute atomic E-state index is 0.270. The number of pyridine rings is 1. The summed E-state index contributed by atoms with van der Waals surface area (Å²) in [7, 11) is -3.49. The molecule has 3 rings (SSSR count). The van der Waals surface area contributed by atoms with E-state index in [9.17, 15) is 12.8 Å². The standard InChI is InChI=1S/C11H10BrFN2O2S/c1-6-11-10(8(12)4-14-6)9(13)5-15(11)18(16,17)7-2-3-7/h4-5,7H,2-3H2,1H3. The van der Waals surface area contributed by atoms with Crippen molar-refractivity contribution in [3.63, 3.8) is 0 Å². The molecule has 0 spiro atoms. The molecule has 1 saturated carbocycles. The van der Waals surface area contributed by atoms with Gasteiger partial charge in [-0.3, -0.25) is 4.98 Å². The van der Waals surface area contributed by atoms with Gasteiger partial charge in [-0.25, -0.2) is 16.8 Å². The molecule has 1 aliphatic rings. The number of hydrogen-bond donors (Lipinski definition) is 0. The monoisotopic (exact) mass is 332 g/mol. The van der Waals surface area contributed by atoms with Crippen molar-refractivity contribution in [1.82, 2.24) is 8.96 Å². The van der Waals surface area contributed by atoms with E-state index in [-0.39, 0.29) is 10.6 Å². The molecule has 96 valence electrons. The van der Waals surface area contributed by atoms with Crippen LogP contribution in [0.4, 0.5) is 4.39 Å². The molecule has 2 aromatic rings. The van der Waals surface area contributed by atoms with Crippen LogP contribution in [0.5, 0.6) is 0 Å². The molecule has 2 heterocycles. The number of aryl methyl sites for hydroxylation is 1. The van der Waals surface area contributed by atoms with Crippen molar-refractivity contribution in [1.29, 1.82) is 0 Å². The first-order valence-electron chi connectivity index (χ1n) is 5.49. The SMILES string of the molecule is Cc1ncc(Br)c2c(F)cn(S(=O)(=O)C3CC3)c12. The lowest BCUT2D eigenvalue weighted by molar-refractivity contribution is 0.584. The lowest BCUT2D eigenvalue weighted by Gasteiger charge is -2.07. The Labute approximate surface area is 112 Å². The molecule has 1 fully saturated rings. The highest BCUT2D eigenvalue weighted by Crippen LogP contribution is 2.35. The van der Waals surface area contributed by atoms with Gasteiger partial charge in [-0.05, 0) is 35.7 Å². The quantitative estimate of drug-likeness (QED) is 0.849. The second-order valence-corrected chi connectivity index (χ2v) is 7.38. The topological polar surface area (TPSA) is 52.0 Å². The summed E-state index contributed by atoms with van der Waals surface area (Å²) in [6.45, 7) is 1.67. The number of halogens is 2. The Balaban J connectivity index is 2.41. The molecule has 0 saturated heterocycles. The van der Waals surface area contributed by atoms with Crippen LogP contribution in [0.3, 0.4) is 0 Å². The van der Waals surface area contributed by atoms with E-state index < -0.39 is 15.8 Å². The van der Waals surface area contributed by atoms with E-state index in [2.05, 4.69) is 20.9 Å². The maximum atomic E-state index is 13.9. The van der Waals surface area contributed by atoms with Crippen LogP contribution in [0.25, 0.3) is 10.9 Å². The number of aromatic nitrogens is 2. The van der Waals surface area contributed by atoms with Crippen LogP contribution in [0.15, 0.2) is 16.9 Å². The molecule has 7 heteroatoms. The molecule has 0 radical (unpaired) electrons. The normalized spacial score (nSPS) is 16.4. The van der Waals surface area contributed by atoms with Crippen LogP contribution >= 0.6 is 15.9 Å². The zero-order chi connectivity index (χ0) is 13.1. The maximum Gasteiger partial charge on any atom is 0.242 e. The van der Waals surface area contributed by atoms with Gasteiger partial charge in [0.25, 0.3) is 0 Å². The Kier molecular flexibility index (Phi) is 2.54. The van der Waals surface area contributed by atoms with Crippen molar-refractivity contribution in [2.45, 2.75) is 25.0 Å². The van der Waals surface area contributed by atoms with Crippen LogP contribution in [0.2, 0.25) is 0 Å². The highest BCUT2D eigenvalue weighted by molar-refractivity contribution is 9.10. The molecule has 0 amide bonds. The Bertz CT molecular complexity index is 750. The van der Waals surface area contributed by atoms with Gasteiger partial charge in [0.05, 0.1) is 28.0 Å². The highest BCUT2D eigenvalue weighted by atomic mass is 79.9. The molecule has 1 aliphatic carbocycles. The zero-order valence-electron chi connectivity index (χ0n) is 9.52. The van der Waals surface area contributed by atoms with Gasteiger partial charge in [0.1, 0.15) is 0 Å². The Hall–Kier alpha value is -0.950. The first kappa shape index (κ1) is 12.1. The van der Waals surface area contributed by atoms with Gasteiger partial charge in [0.2, 0.25) is 10.0 Å². The third-order valence-corrected chi connectivity index (χ3v) is 5.85. The molecule has 2 aromatic heterocycles. The summed E-state index contributed by atoms with van der Waals surface area (Å²) in [6.07, 6.45) is 3.81. The second kappa shape index (κ2) is 3.77. The molecule has 0 bridgehead atoms. The molecule has 0 unspecified atom stereocenters. The van der Waals surface area contributed by atoms with Crippen LogP contribution in [0, 0.1) is 12.7 Å². The van der Waals surface area contributed by atoms with Crippen LogP contribution < -0.4 is 0 Å². The van der Waals surface area contributed by atoms with Crippen LogP contribution in [0.1, 0.15) is 18.5 Å². The van der Waals surface area contributed by atoms with Gasteiger partial charge >= 0.3 is 0 Å². The molecule has 0 atom stereocenters. The second-order valence-electron chi connectivity index (χ2n) is 4.43. The van der Waals surface area contributed by atoms with E-state index in [1.165, 1.54) is 6.20 Å². The molecule has 4 nitrogen and oxygen atoms in total. The Morgan fingerprint density at radius 2 is 2.17 bits per heavy atom. The van der Waals surface area contributed by atoms with Gasteiger partial charge < -0.3 is 0 Å². The summed E-state index contributed by atoms with van der Waals surface area (Å²) in [6, 6.07) is 0. The summed E-state index contributed by atoms with van der Waals surface area (Å²) >= 11 is 3.20. The third-order valence-electron chi connectivity index (χ3n) is 3.10. The summed E-state index contributed by atoms with van der Waals surface area (Å²) in [5.74, 6) is -0.549. The molecular formula is C11H10BrFN2O2S. The van der Waals surface area contributed by atoms with Gasteiger partial charge in [0.15, 0.2) is 5.82 Å². The molecule has 0 aromatic carbocycles. The number of nitrogens with zero attached hydrogens (tertiary/aromatic N) is 2. The summed E-state index contributed by atoms with van der Waals surface area (Å²) < 4.78 is 39.9. The first-order chi connectivity index (χ1) is 8.43. The van der Waals surface area contributed by atoms with Crippen molar-refractivity contribution >= 4 is 36.9 Å². The van der Waals surface area contributed by atoms with Gasteiger partial charge in [-0.15, -0.1) is 0 Å². The average molecular weight is 333 g/mol. The van der Waals surface area contributed by atoms with Crippen molar-refractivity contribution in [2.24, 2.45) is 0 Å². The maximum absolute atomic E-state index is 13.9. The Morgan fingerprint density at radius 3 is 2.78 bits per heavy atom. The minimum Gasteiger partial charge on any atom is -0.258 e. The van der Waals surface area contributed by atoms with Gasteiger partial charge in [-0.1, -0.05) is 0 Å². The van der Waals surface area contributed by atoms with E-state index in [0.717, 1.165) is 10.2 Å². The fourth-order valence-corrected chi connectivity index (χ4v) is 4.28. The molecule has 18 heavy (non-hydrogen) atoms. The fourth-order valence-electron chi connectivity index (χ4n) is 2.03. The largest absolute Gasteiger partial charge is 0.258 e. The Morgan fingerprint density at radius 1 is 1.50 bits per heavy atom. The summed E-state index contributed by atoms with van der Waals surface area (Å²) in [5.41, 5.74) is 0.829. The van der Waals surface area contributed by atoms with Gasteiger partial charge in [-0.2, -0.15) is 0 Å². The number of hydrogen-bond acceptors (Lipinski definition) is 3. The van der Waals surface area contributed by atoms with Crippen molar-refractivity contribution in [2.75, 3.05) is 0 Å².